The first-order valence-corrected chi connectivity index (χ1v) is 4.06. The van der Waals surface area contributed by atoms with Crippen LogP contribution in [0.25, 0.3) is 0 Å². The van der Waals surface area contributed by atoms with E-state index >= 15 is 0 Å². The predicted molar refractivity (Wildman–Crippen MR) is 48.4 cm³/mol. The number of hydrogen-bond acceptors (Lipinski definition) is 3. The zero-order valence-electron chi connectivity index (χ0n) is 8.25. The molecule has 1 aromatic rings. The summed E-state index contributed by atoms with van der Waals surface area (Å²) in [5.41, 5.74) is 6.56. The van der Waals surface area contributed by atoms with Crippen LogP contribution in [-0.2, 0) is 6.54 Å². The molecule has 4 heteroatoms. The van der Waals surface area contributed by atoms with E-state index in [2.05, 4.69) is 16.4 Å². The summed E-state index contributed by atoms with van der Waals surface area (Å²) in [6.45, 7) is 3.55. The van der Waals surface area contributed by atoms with Crippen LogP contribution in [-0.4, -0.2) is 17.6 Å². The van der Waals surface area contributed by atoms with Gasteiger partial charge in [-0.25, -0.2) is 0 Å². The Kier molecular flexibility index (Phi) is 7.51. The quantitative estimate of drug-likeness (QED) is 0.399. The number of hydrogen-bond donors (Lipinski definition) is 2. The molecule has 0 aliphatic heterocycles. The molecule has 3 N–H and O–H groups in total. The molecule has 0 amide bonds. The molecule has 1 atom stereocenters. The first-order chi connectivity index (χ1) is 5.79. The van der Waals surface area contributed by atoms with Crippen LogP contribution in [0.4, 0.5) is 0 Å². The Morgan fingerprint density at radius 1 is 1.69 bits per heavy atom. The van der Waals surface area contributed by atoms with Gasteiger partial charge in [-0.05, 0) is 13.5 Å². The van der Waals surface area contributed by atoms with Crippen LogP contribution in [0.15, 0.2) is 18.3 Å². The van der Waals surface area contributed by atoms with Gasteiger partial charge >= 0.3 is 29.6 Å². The van der Waals surface area contributed by atoms with Gasteiger partial charge in [0.15, 0.2) is 0 Å². The minimum Gasteiger partial charge on any atom is -0.386 e. The number of nitrogens with one attached hydrogen (secondary N) is 1. The van der Waals surface area contributed by atoms with Crippen molar-refractivity contribution in [1.82, 2.24) is 10.3 Å². The molecule has 1 aromatic heterocycles. The number of pyridine rings is 1. The van der Waals surface area contributed by atoms with Crippen LogP contribution in [0.5, 0.6) is 0 Å². The molecule has 66 valence electrons. The zero-order chi connectivity index (χ0) is 8.81. The van der Waals surface area contributed by atoms with E-state index in [1.54, 1.807) is 12.3 Å². The summed E-state index contributed by atoms with van der Waals surface area (Å²) in [6, 6.07) is 6.81. The second kappa shape index (κ2) is 7.47. The molecule has 3 nitrogen and oxygen atoms in total. The summed E-state index contributed by atoms with van der Waals surface area (Å²) < 4.78 is 0. The van der Waals surface area contributed by atoms with E-state index in [9.17, 15) is 0 Å². The number of nitrogens with two attached hydrogens (primary N) is 1. The number of rotatable bonds is 4. The third kappa shape index (κ3) is 6.18. The topological polar surface area (TPSA) is 50.9 Å². The van der Waals surface area contributed by atoms with Gasteiger partial charge in [0, 0.05) is 12.6 Å². The Labute approximate surface area is 101 Å². The van der Waals surface area contributed by atoms with E-state index < -0.39 is 0 Å². The Morgan fingerprint density at radius 2 is 2.46 bits per heavy atom. The molecule has 0 radical (unpaired) electrons. The minimum absolute atomic E-state index is 0. The maximum Gasteiger partial charge on any atom is 1.00 e. The third-order valence-corrected chi connectivity index (χ3v) is 1.43. The van der Waals surface area contributed by atoms with E-state index in [1.807, 2.05) is 13.0 Å². The van der Waals surface area contributed by atoms with E-state index in [0.29, 0.717) is 0 Å². The number of aromatic nitrogens is 1. The molecule has 0 saturated carbocycles. The Balaban J connectivity index is 0.00000144. The average Bonchev–Trinajstić information content (AvgIpc) is 2.05. The largest absolute Gasteiger partial charge is 1.00 e. The fourth-order valence-corrected chi connectivity index (χ4v) is 0.882. The summed E-state index contributed by atoms with van der Waals surface area (Å²) >= 11 is 0. The van der Waals surface area contributed by atoms with Crippen molar-refractivity contribution < 1.29 is 29.6 Å². The van der Waals surface area contributed by atoms with Crippen molar-refractivity contribution in [3.63, 3.8) is 0 Å². The summed E-state index contributed by atoms with van der Waals surface area (Å²) in [4.78, 5) is 4.14. The first-order valence-electron chi connectivity index (χ1n) is 4.06. The molecule has 13 heavy (non-hydrogen) atoms. The standard InChI is InChI=1S/C9H14N3.Na/c1-8(10)6-11-7-9-4-2-3-5-12-9;/h3-5,8,11H,6-7,10H2,1H3;/q-1;+1. The van der Waals surface area contributed by atoms with Crippen molar-refractivity contribution >= 4 is 0 Å². The third-order valence-electron chi connectivity index (χ3n) is 1.43. The molecule has 1 rings (SSSR count). The molecule has 0 saturated heterocycles. The van der Waals surface area contributed by atoms with Crippen LogP contribution >= 0.6 is 0 Å². The van der Waals surface area contributed by atoms with E-state index in [1.165, 1.54) is 0 Å². The fraction of sp³-hybridized carbons (Fsp3) is 0.444. The van der Waals surface area contributed by atoms with Gasteiger partial charge in [-0.3, -0.25) is 0 Å². The van der Waals surface area contributed by atoms with Gasteiger partial charge in [-0.15, -0.1) is 0 Å². The molecule has 0 aliphatic rings. The van der Waals surface area contributed by atoms with Crippen molar-refractivity contribution in [3.05, 3.63) is 30.1 Å². The SMILES string of the molecule is CC(N)CNCc1c[c-]ccn1.[Na+]. The number of nitrogens with zero attached hydrogens (tertiary/aromatic N) is 1. The minimum atomic E-state index is 0. The molecule has 1 heterocycles. The van der Waals surface area contributed by atoms with E-state index in [0.717, 1.165) is 18.8 Å². The Bertz CT molecular complexity index is 213. The fourth-order valence-electron chi connectivity index (χ4n) is 0.882. The van der Waals surface area contributed by atoms with Crippen molar-refractivity contribution in [2.24, 2.45) is 5.73 Å². The maximum absolute atomic E-state index is 5.57. The molecule has 0 aliphatic carbocycles. The van der Waals surface area contributed by atoms with Crippen LogP contribution in [0, 0.1) is 6.07 Å². The van der Waals surface area contributed by atoms with E-state index in [4.69, 9.17) is 5.73 Å². The van der Waals surface area contributed by atoms with Gasteiger partial charge in [0.25, 0.3) is 0 Å². The monoisotopic (exact) mass is 187 g/mol. The Morgan fingerprint density at radius 3 is 3.00 bits per heavy atom. The molecule has 0 spiro atoms. The van der Waals surface area contributed by atoms with Crippen LogP contribution in [0.3, 0.4) is 0 Å². The zero-order valence-corrected chi connectivity index (χ0v) is 10.2. The van der Waals surface area contributed by atoms with Crippen molar-refractivity contribution in [1.29, 1.82) is 0 Å². The predicted octanol–water partition coefficient (Wildman–Crippen LogP) is -2.68. The molecule has 0 fully saturated rings. The van der Waals surface area contributed by atoms with Gasteiger partial charge in [-0.1, -0.05) is 11.9 Å². The van der Waals surface area contributed by atoms with Crippen LogP contribution in [0.2, 0.25) is 0 Å². The van der Waals surface area contributed by atoms with Crippen molar-refractivity contribution in [3.8, 4) is 0 Å². The molecular formula is C9H14N3Na. The molecule has 1 unspecified atom stereocenters. The summed E-state index contributed by atoms with van der Waals surface area (Å²) in [5, 5.41) is 3.19. The first kappa shape index (κ1) is 13.1. The molecule has 0 bridgehead atoms. The smallest absolute Gasteiger partial charge is 0.386 e. The van der Waals surface area contributed by atoms with Crippen molar-refractivity contribution in [2.45, 2.75) is 19.5 Å². The normalized spacial score (nSPS) is 11.8. The summed E-state index contributed by atoms with van der Waals surface area (Å²) in [5.74, 6) is 0. The van der Waals surface area contributed by atoms with Crippen LogP contribution in [0.1, 0.15) is 12.6 Å². The van der Waals surface area contributed by atoms with Gasteiger partial charge in [0.1, 0.15) is 0 Å². The van der Waals surface area contributed by atoms with Gasteiger partial charge < -0.3 is 16.0 Å². The van der Waals surface area contributed by atoms with Gasteiger partial charge in [0.05, 0.1) is 0 Å². The Hall–Kier alpha value is 0.0700. The average molecular weight is 187 g/mol. The summed E-state index contributed by atoms with van der Waals surface area (Å²) in [6.07, 6.45) is 1.74. The van der Waals surface area contributed by atoms with E-state index in [-0.39, 0.29) is 35.6 Å². The van der Waals surface area contributed by atoms with Gasteiger partial charge in [-0.2, -0.15) is 18.2 Å². The molecule has 0 aromatic carbocycles. The van der Waals surface area contributed by atoms with Gasteiger partial charge in [0.2, 0.25) is 0 Å². The summed E-state index contributed by atoms with van der Waals surface area (Å²) in [7, 11) is 0. The second-order valence-corrected chi connectivity index (χ2v) is 2.86. The maximum atomic E-state index is 5.57. The second-order valence-electron chi connectivity index (χ2n) is 2.86. The van der Waals surface area contributed by atoms with Crippen molar-refractivity contribution in [2.75, 3.05) is 6.54 Å². The van der Waals surface area contributed by atoms with Crippen LogP contribution < -0.4 is 40.6 Å². The molecular weight excluding hydrogens is 173 g/mol.